The smallest absolute Gasteiger partial charge is 0.263 e. The van der Waals surface area contributed by atoms with Crippen LogP contribution in [-0.2, 0) is 0 Å². The van der Waals surface area contributed by atoms with Gasteiger partial charge in [-0.25, -0.2) is 4.98 Å². The van der Waals surface area contributed by atoms with Crippen LogP contribution in [-0.4, -0.2) is 20.6 Å². The summed E-state index contributed by atoms with van der Waals surface area (Å²) in [7, 11) is 0. The highest BCUT2D eigenvalue weighted by molar-refractivity contribution is 6.42. The molecular weight excluding hydrogens is 323 g/mol. The van der Waals surface area contributed by atoms with E-state index in [0.717, 1.165) is 0 Å². The summed E-state index contributed by atoms with van der Waals surface area (Å²) in [4.78, 5) is 17.2. The summed E-state index contributed by atoms with van der Waals surface area (Å²) >= 11 is 11.9. The highest BCUT2D eigenvalue weighted by Gasteiger charge is 2.21. The number of rotatable bonds is 2. The number of benzene rings is 2. The highest BCUT2D eigenvalue weighted by Crippen LogP contribution is 2.26. The molecule has 0 radical (unpaired) electrons. The van der Waals surface area contributed by atoms with Crippen molar-refractivity contribution in [3.8, 4) is 0 Å². The van der Waals surface area contributed by atoms with Crippen LogP contribution in [0.3, 0.4) is 0 Å². The van der Waals surface area contributed by atoms with E-state index in [9.17, 15) is 9.90 Å². The lowest BCUT2D eigenvalue weighted by Crippen LogP contribution is -2.16. The standard InChI is InChI=1S/C16H12Cl2N2O2/c1-9(21)15-19-13-4-2-3-5-14(13)20(15)16(22)10-6-7-11(17)12(18)8-10/h2-9,21H,1H3/t9-/m0/s1. The molecule has 0 spiro atoms. The van der Waals surface area contributed by atoms with Crippen molar-refractivity contribution in [2.24, 2.45) is 0 Å². The van der Waals surface area contributed by atoms with Gasteiger partial charge >= 0.3 is 0 Å². The summed E-state index contributed by atoms with van der Waals surface area (Å²) in [6.45, 7) is 1.57. The minimum Gasteiger partial charge on any atom is -0.385 e. The zero-order valence-electron chi connectivity index (χ0n) is 11.6. The summed E-state index contributed by atoms with van der Waals surface area (Å²) in [6, 6.07) is 11.9. The molecule has 0 aliphatic carbocycles. The third-order valence-electron chi connectivity index (χ3n) is 3.33. The van der Waals surface area contributed by atoms with E-state index in [4.69, 9.17) is 23.2 Å². The van der Waals surface area contributed by atoms with E-state index in [0.29, 0.717) is 26.6 Å². The van der Waals surface area contributed by atoms with E-state index < -0.39 is 6.10 Å². The largest absolute Gasteiger partial charge is 0.385 e. The van der Waals surface area contributed by atoms with Gasteiger partial charge in [0.15, 0.2) is 0 Å². The maximum absolute atomic E-state index is 12.8. The monoisotopic (exact) mass is 334 g/mol. The van der Waals surface area contributed by atoms with Crippen LogP contribution in [0.25, 0.3) is 11.0 Å². The number of fused-ring (bicyclic) bond motifs is 1. The maximum atomic E-state index is 12.8. The molecule has 0 amide bonds. The van der Waals surface area contributed by atoms with Crippen molar-refractivity contribution in [1.82, 2.24) is 9.55 Å². The third-order valence-corrected chi connectivity index (χ3v) is 4.07. The number of halogens is 2. The fourth-order valence-corrected chi connectivity index (χ4v) is 2.59. The van der Waals surface area contributed by atoms with E-state index in [2.05, 4.69) is 4.98 Å². The number of imidazole rings is 1. The van der Waals surface area contributed by atoms with Gasteiger partial charge in [-0.05, 0) is 37.3 Å². The Morgan fingerprint density at radius 3 is 2.59 bits per heavy atom. The molecule has 3 rings (SSSR count). The van der Waals surface area contributed by atoms with Crippen molar-refractivity contribution in [3.05, 3.63) is 63.9 Å². The predicted molar refractivity (Wildman–Crippen MR) is 86.6 cm³/mol. The van der Waals surface area contributed by atoms with E-state index in [1.54, 1.807) is 31.2 Å². The van der Waals surface area contributed by atoms with Gasteiger partial charge in [0.05, 0.1) is 21.1 Å². The van der Waals surface area contributed by atoms with Gasteiger partial charge < -0.3 is 5.11 Å². The Morgan fingerprint density at radius 2 is 1.91 bits per heavy atom. The van der Waals surface area contributed by atoms with Crippen LogP contribution in [0.2, 0.25) is 10.0 Å². The van der Waals surface area contributed by atoms with Crippen molar-refractivity contribution in [3.63, 3.8) is 0 Å². The molecule has 0 aliphatic heterocycles. The van der Waals surface area contributed by atoms with Crippen LogP contribution in [0, 0.1) is 0 Å². The number of carbonyl (C=O) groups is 1. The quantitative estimate of drug-likeness (QED) is 0.768. The molecule has 4 nitrogen and oxygen atoms in total. The summed E-state index contributed by atoms with van der Waals surface area (Å²) in [5, 5.41) is 10.6. The van der Waals surface area contributed by atoms with Crippen molar-refractivity contribution in [2.45, 2.75) is 13.0 Å². The minimum absolute atomic E-state index is 0.289. The molecule has 0 bridgehead atoms. The first-order valence-electron chi connectivity index (χ1n) is 6.64. The number of aromatic nitrogens is 2. The van der Waals surface area contributed by atoms with Crippen LogP contribution < -0.4 is 0 Å². The fraction of sp³-hybridized carbons (Fsp3) is 0.125. The zero-order valence-corrected chi connectivity index (χ0v) is 13.1. The van der Waals surface area contributed by atoms with E-state index in [1.807, 2.05) is 12.1 Å². The van der Waals surface area contributed by atoms with Gasteiger partial charge in [-0.1, -0.05) is 35.3 Å². The Morgan fingerprint density at radius 1 is 1.18 bits per heavy atom. The second kappa shape index (κ2) is 5.72. The molecule has 1 aromatic heterocycles. The second-order valence-corrected chi connectivity index (χ2v) is 5.72. The minimum atomic E-state index is -0.876. The number of carbonyl (C=O) groups excluding carboxylic acids is 1. The molecule has 1 N–H and O–H groups in total. The predicted octanol–water partition coefficient (Wildman–Crippen LogP) is 4.08. The van der Waals surface area contributed by atoms with Crippen LogP contribution in [0.4, 0.5) is 0 Å². The Kier molecular flexibility index (Phi) is 3.91. The second-order valence-electron chi connectivity index (χ2n) is 4.90. The number of hydrogen-bond acceptors (Lipinski definition) is 3. The molecule has 1 atom stereocenters. The van der Waals surface area contributed by atoms with Gasteiger partial charge in [0.2, 0.25) is 0 Å². The molecule has 0 saturated heterocycles. The summed E-state index contributed by atoms with van der Waals surface area (Å²) in [5.74, 6) is -0.0274. The molecule has 0 fully saturated rings. The summed E-state index contributed by atoms with van der Waals surface area (Å²) < 4.78 is 1.40. The van der Waals surface area contributed by atoms with Crippen molar-refractivity contribution in [1.29, 1.82) is 0 Å². The summed E-state index contributed by atoms with van der Waals surface area (Å²) in [5.41, 5.74) is 1.65. The molecule has 112 valence electrons. The molecule has 0 unspecified atom stereocenters. The van der Waals surface area contributed by atoms with Gasteiger partial charge in [-0.3, -0.25) is 9.36 Å². The van der Waals surface area contributed by atoms with Crippen molar-refractivity contribution in [2.75, 3.05) is 0 Å². The van der Waals surface area contributed by atoms with E-state index in [1.165, 1.54) is 10.6 Å². The van der Waals surface area contributed by atoms with Crippen LogP contribution in [0.1, 0.15) is 29.2 Å². The molecule has 6 heteroatoms. The molecular formula is C16H12Cl2N2O2. The Balaban J connectivity index is 2.21. The molecule has 22 heavy (non-hydrogen) atoms. The summed E-state index contributed by atoms with van der Waals surface area (Å²) in [6.07, 6.45) is -0.876. The van der Waals surface area contributed by atoms with Crippen LogP contribution in [0.5, 0.6) is 0 Å². The molecule has 0 aliphatic rings. The first-order valence-corrected chi connectivity index (χ1v) is 7.40. The zero-order chi connectivity index (χ0) is 15.9. The van der Waals surface area contributed by atoms with Crippen LogP contribution in [0.15, 0.2) is 42.5 Å². The van der Waals surface area contributed by atoms with E-state index >= 15 is 0 Å². The number of nitrogens with zero attached hydrogens (tertiary/aromatic N) is 2. The lowest BCUT2D eigenvalue weighted by molar-refractivity contribution is 0.0944. The molecule has 2 aromatic carbocycles. The Bertz CT molecular complexity index is 872. The van der Waals surface area contributed by atoms with Crippen molar-refractivity contribution < 1.29 is 9.90 Å². The molecule has 1 heterocycles. The average Bonchev–Trinajstić information content (AvgIpc) is 2.89. The van der Waals surface area contributed by atoms with Gasteiger partial charge in [0.25, 0.3) is 5.91 Å². The molecule has 3 aromatic rings. The number of aliphatic hydroxyl groups excluding tert-OH is 1. The highest BCUT2D eigenvalue weighted by atomic mass is 35.5. The average molecular weight is 335 g/mol. The third kappa shape index (κ3) is 2.50. The van der Waals surface area contributed by atoms with Gasteiger partial charge in [-0.15, -0.1) is 0 Å². The Hall–Kier alpha value is -1.88. The Labute approximate surface area is 136 Å². The van der Waals surface area contributed by atoms with Gasteiger partial charge in [0, 0.05) is 5.56 Å². The lowest BCUT2D eigenvalue weighted by atomic mass is 10.2. The van der Waals surface area contributed by atoms with E-state index in [-0.39, 0.29) is 11.7 Å². The topological polar surface area (TPSA) is 55.1 Å². The maximum Gasteiger partial charge on any atom is 0.263 e. The van der Waals surface area contributed by atoms with Gasteiger partial charge in [0.1, 0.15) is 11.9 Å². The van der Waals surface area contributed by atoms with Gasteiger partial charge in [-0.2, -0.15) is 0 Å². The SMILES string of the molecule is C[C@H](O)c1nc2ccccc2n1C(=O)c1ccc(Cl)c(Cl)c1. The van der Waals surface area contributed by atoms with Crippen LogP contribution >= 0.6 is 23.2 Å². The first-order chi connectivity index (χ1) is 10.5. The van der Waals surface area contributed by atoms with Crippen molar-refractivity contribution >= 4 is 40.1 Å². The molecule has 0 saturated carbocycles. The number of hydrogen-bond donors (Lipinski definition) is 1. The number of para-hydroxylation sites is 2. The lowest BCUT2D eigenvalue weighted by Gasteiger charge is -2.10. The number of aliphatic hydroxyl groups is 1. The normalized spacial score (nSPS) is 12.5. The first kappa shape index (κ1) is 15.0. The fourth-order valence-electron chi connectivity index (χ4n) is 2.30.